The molecule has 0 fully saturated rings. The van der Waals surface area contributed by atoms with Gasteiger partial charge in [0.25, 0.3) is 0 Å². The van der Waals surface area contributed by atoms with Crippen LogP contribution in [0.5, 0.6) is 17.2 Å². The zero-order valence-electron chi connectivity index (χ0n) is 18.9. The number of fused-ring (bicyclic) bond motifs is 1. The van der Waals surface area contributed by atoms with Gasteiger partial charge < -0.3 is 24.8 Å². The third-order valence-electron chi connectivity index (χ3n) is 6.06. The maximum atomic E-state index is 12.5. The van der Waals surface area contributed by atoms with Crippen molar-refractivity contribution >= 4 is 11.8 Å². The van der Waals surface area contributed by atoms with Crippen LogP contribution in [0.15, 0.2) is 36.8 Å². The first-order valence-corrected chi connectivity index (χ1v) is 10.6. The van der Waals surface area contributed by atoms with Crippen molar-refractivity contribution in [2.75, 3.05) is 7.11 Å². The zero-order chi connectivity index (χ0) is 24.6. The van der Waals surface area contributed by atoms with Crippen LogP contribution in [-0.4, -0.2) is 44.1 Å². The maximum Gasteiger partial charge on any atom is 0.306 e. The monoisotopic (exact) mass is 464 g/mol. The normalized spacial score (nSPS) is 15.6. The molecule has 9 heteroatoms. The van der Waals surface area contributed by atoms with Crippen LogP contribution in [0.2, 0.25) is 0 Å². The van der Waals surface area contributed by atoms with Crippen molar-refractivity contribution in [3.8, 4) is 17.2 Å². The minimum absolute atomic E-state index is 0.0246. The number of aromatic nitrogens is 2. The second-order valence-corrected chi connectivity index (χ2v) is 8.12. The van der Waals surface area contributed by atoms with Gasteiger partial charge in [0.2, 0.25) is 0 Å². The topological polar surface area (TPSA) is 139 Å². The van der Waals surface area contributed by atoms with E-state index in [1.807, 2.05) is 0 Å². The summed E-state index contributed by atoms with van der Waals surface area (Å²) in [6, 6.07) is 4.71. The quantitative estimate of drug-likeness (QED) is 0.370. The molecular weight excluding hydrogens is 440 g/mol. The summed E-state index contributed by atoms with van der Waals surface area (Å²) in [5, 5.41) is 33.2. The molecule has 0 spiro atoms. The second-order valence-electron chi connectivity index (χ2n) is 8.12. The third kappa shape index (κ3) is 3.94. The fourth-order valence-corrected chi connectivity index (χ4v) is 4.28. The van der Waals surface area contributed by atoms with Crippen molar-refractivity contribution in [2.24, 2.45) is 0 Å². The lowest BCUT2D eigenvalue weighted by molar-refractivity contribution is -0.140. The van der Waals surface area contributed by atoms with Crippen molar-refractivity contribution < 1.29 is 34.4 Å². The van der Waals surface area contributed by atoms with Gasteiger partial charge in [-0.3, -0.25) is 19.6 Å². The summed E-state index contributed by atoms with van der Waals surface area (Å²) < 4.78 is 10.7. The number of pyridine rings is 2. The van der Waals surface area contributed by atoms with Gasteiger partial charge in [0.05, 0.1) is 31.4 Å². The van der Waals surface area contributed by atoms with Crippen LogP contribution in [0.25, 0.3) is 0 Å². The molecule has 1 aliphatic heterocycles. The molecule has 9 nitrogen and oxygen atoms in total. The van der Waals surface area contributed by atoms with Gasteiger partial charge in [0, 0.05) is 46.8 Å². The van der Waals surface area contributed by atoms with Crippen molar-refractivity contribution in [3.05, 3.63) is 75.9 Å². The number of nitrogens with zero attached hydrogens (tertiary/aromatic N) is 2. The first-order chi connectivity index (χ1) is 16.2. The van der Waals surface area contributed by atoms with Crippen LogP contribution in [0.1, 0.15) is 69.2 Å². The van der Waals surface area contributed by atoms with Gasteiger partial charge in [-0.25, -0.2) is 0 Å². The second kappa shape index (κ2) is 9.11. The highest BCUT2D eigenvalue weighted by Crippen LogP contribution is 2.50. The Morgan fingerprint density at radius 2 is 1.97 bits per heavy atom. The minimum atomic E-state index is -0.915. The Morgan fingerprint density at radius 1 is 1.21 bits per heavy atom. The number of phenolic OH excluding ortho intramolecular Hbond substituents is 2. The smallest absolute Gasteiger partial charge is 0.306 e. The molecule has 1 aromatic carbocycles. The fourth-order valence-electron chi connectivity index (χ4n) is 4.28. The van der Waals surface area contributed by atoms with Crippen LogP contribution in [-0.2, 0) is 20.9 Å². The number of aromatic hydroxyl groups is 3. The van der Waals surface area contributed by atoms with Gasteiger partial charge in [-0.1, -0.05) is 6.07 Å². The van der Waals surface area contributed by atoms with E-state index >= 15 is 0 Å². The highest BCUT2D eigenvalue weighted by Gasteiger charge is 2.36. The van der Waals surface area contributed by atoms with Gasteiger partial charge in [-0.2, -0.15) is 0 Å². The predicted molar refractivity (Wildman–Crippen MR) is 120 cm³/mol. The molecule has 0 radical (unpaired) electrons. The van der Waals surface area contributed by atoms with Gasteiger partial charge in [0.15, 0.2) is 5.78 Å². The van der Waals surface area contributed by atoms with Crippen LogP contribution >= 0.6 is 0 Å². The summed E-state index contributed by atoms with van der Waals surface area (Å²) >= 11 is 0. The van der Waals surface area contributed by atoms with E-state index in [0.29, 0.717) is 22.4 Å². The van der Waals surface area contributed by atoms with E-state index in [2.05, 4.69) is 9.97 Å². The molecule has 3 heterocycles. The number of phenols is 2. The molecule has 3 N–H and O–H groups in total. The van der Waals surface area contributed by atoms with Gasteiger partial charge in [-0.05, 0) is 31.5 Å². The molecule has 0 unspecified atom stereocenters. The van der Waals surface area contributed by atoms with Crippen molar-refractivity contribution in [1.82, 2.24) is 9.97 Å². The van der Waals surface area contributed by atoms with Crippen LogP contribution in [0, 0.1) is 6.92 Å². The van der Waals surface area contributed by atoms with Crippen LogP contribution < -0.4 is 0 Å². The van der Waals surface area contributed by atoms with E-state index in [9.17, 15) is 24.9 Å². The number of hydrogen-bond acceptors (Lipinski definition) is 9. The lowest BCUT2D eigenvalue weighted by Crippen LogP contribution is -2.13. The average molecular weight is 464 g/mol. The molecule has 4 rings (SSSR count). The molecule has 176 valence electrons. The standard InChI is InChI=1S/C25H24N2O7/c1-12-22(30)20-15(10-27-12)11-34-25(20)18-7-16(13(2)28)23(31)21(24(18)32)17(8-19(29)33-3)14-5-4-6-26-9-14/h4-7,9-10,17,25,30-32H,8,11H2,1-3H3/t17-,25+/m1/s1. The lowest BCUT2D eigenvalue weighted by Gasteiger charge is -2.24. The summed E-state index contributed by atoms with van der Waals surface area (Å²) in [5.74, 6) is -2.77. The molecule has 0 bridgehead atoms. The van der Waals surface area contributed by atoms with E-state index in [0.717, 1.165) is 0 Å². The largest absolute Gasteiger partial charge is 0.507 e. The summed E-state index contributed by atoms with van der Waals surface area (Å²) in [6.45, 7) is 3.07. The highest BCUT2D eigenvalue weighted by molar-refractivity contribution is 5.98. The fraction of sp³-hybridized carbons (Fsp3) is 0.280. The Kier molecular flexibility index (Phi) is 6.21. The summed E-state index contributed by atoms with van der Waals surface area (Å²) in [6.07, 6.45) is 3.51. The van der Waals surface area contributed by atoms with E-state index < -0.39 is 29.5 Å². The number of benzene rings is 1. The first kappa shape index (κ1) is 23.2. The van der Waals surface area contributed by atoms with E-state index in [1.165, 1.54) is 26.3 Å². The Bertz CT molecular complexity index is 1270. The molecular formula is C25H24N2O7. The molecule has 2 aromatic heterocycles. The van der Waals surface area contributed by atoms with Gasteiger partial charge in [-0.15, -0.1) is 0 Å². The Hall–Kier alpha value is -3.98. The number of hydrogen-bond donors (Lipinski definition) is 3. The van der Waals surface area contributed by atoms with Crippen molar-refractivity contribution in [1.29, 1.82) is 0 Å². The third-order valence-corrected chi connectivity index (χ3v) is 6.06. The number of esters is 1. The number of aryl methyl sites for hydroxylation is 1. The summed E-state index contributed by atoms with van der Waals surface area (Å²) in [4.78, 5) is 32.9. The van der Waals surface area contributed by atoms with Crippen molar-refractivity contribution in [3.63, 3.8) is 0 Å². The lowest BCUT2D eigenvalue weighted by atomic mass is 9.83. The van der Waals surface area contributed by atoms with E-state index in [4.69, 9.17) is 9.47 Å². The van der Waals surface area contributed by atoms with E-state index in [1.54, 1.807) is 31.5 Å². The Morgan fingerprint density at radius 3 is 2.62 bits per heavy atom. The number of rotatable bonds is 6. The highest BCUT2D eigenvalue weighted by atomic mass is 16.5. The van der Waals surface area contributed by atoms with Crippen LogP contribution in [0.4, 0.5) is 0 Å². The zero-order valence-corrected chi connectivity index (χ0v) is 18.9. The maximum absolute atomic E-state index is 12.5. The summed E-state index contributed by atoms with van der Waals surface area (Å²) in [5.41, 5.74) is 2.09. The minimum Gasteiger partial charge on any atom is -0.507 e. The van der Waals surface area contributed by atoms with Crippen molar-refractivity contribution in [2.45, 2.75) is 38.9 Å². The SMILES string of the molecule is COC(=O)C[C@H](c1cccnc1)c1c(O)c(C(C)=O)cc([C@@H]2OCc3cnc(C)c(O)c32)c1O. The molecule has 0 saturated heterocycles. The number of ether oxygens (including phenoxy) is 2. The number of methoxy groups -OCH3 is 1. The molecule has 0 aliphatic carbocycles. The Labute approximate surface area is 195 Å². The molecule has 3 aromatic rings. The Balaban J connectivity index is 1.98. The number of ketones is 1. The molecule has 34 heavy (non-hydrogen) atoms. The predicted octanol–water partition coefficient (Wildman–Crippen LogP) is 3.42. The average Bonchev–Trinajstić information content (AvgIpc) is 3.25. The van der Waals surface area contributed by atoms with Crippen LogP contribution in [0.3, 0.4) is 0 Å². The summed E-state index contributed by atoms with van der Waals surface area (Å²) in [7, 11) is 1.24. The molecule has 0 saturated carbocycles. The van der Waals surface area contributed by atoms with Gasteiger partial charge >= 0.3 is 5.97 Å². The number of carbonyl (C=O) groups excluding carboxylic acids is 2. The number of Topliss-reactive ketones (excluding diaryl/α,β-unsaturated/α-hetero) is 1. The molecule has 1 aliphatic rings. The first-order valence-electron chi connectivity index (χ1n) is 10.6. The van der Waals surface area contributed by atoms with Gasteiger partial charge in [0.1, 0.15) is 23.4 Å². The van der Waals surface area contributed by atoms with E-state index in [-0.39, 0.29) is 41.2 Å². The molecule has 2 atom stereocenters. The molecule has 0 amide bonds. The number of carbonyl (C=O) groups is 2.